The maximum Gasteiger partial charge on any atom is 0.375 e. The number of aliphatic hydroxyl groups excluding tert-OH is 1. The first-order valence-corrected chi connectivity index (χ1v) is 11.6. The van der Waals surface area contributed by atoms with Gasteiger partial charge in [0, 0.05) is 6.42 Å². The number of aliphatic hydroxyl groups is 1. The number of cyclic esters (lactones) is 1. The normalized spacial score (nSPS) is 16.9. The van der Waals surface area contributed by atoms with Gasteiger partial charge in [0.1, 0.15) is 18.1 Å². The maximum absolute atomic E-state index is 13.1. The number of phenols is 1. The van der Waals surface area contributed by atoms with Crippen LogP contribution in [0.3, 0.4) is 0 Å². The number of aromatic hydroxyl groups is 1. The molecule has 2 aromatic carbocycles. The van der Waals surface area contributed by atoms with Crippen LogP contribution in [0.15, 0.2) is 71.5 Å². The average Bonchev–Trinajstić information content (AvgIpc) is 3.09. The summed E-state index contributed by atoms with van der Waals surface area (Å²) in [5, 5.41) is 21.0. The first kappa shape index (κ1) is 26.6. The van der Waals surface area contributed by atoms with Gasteiger partial charge in [0.05, 0.1) is 12.7 Å². The third kappa shape index (κ3) is 5.79. The molecule has 0 spiro atoms. The number of rotatable bonds is 9. The van der Waals surface area contributed by atoms with Crippen molar-refractivity contribution >= 4 is 17.5 Å². The molecule has 1 aliphatic rings. The standard InChI is InChI=1S/C29H32O7/c1-18(2)6-8-22-16-20(7-13-24(22)30)17-29(28(33)34-5)25(26(31)27(32)36-29)21-9-11-23(12-10-21)35-15-14-19(3)4/h6-7,9-14,16,30-31H,8,15,17H2,1-5H3/t29-/m1/s1. The number of hydrogen-bond donors (Lipinski definition) is 2. The van der Waals surface area contributed by atoms with E-state index in [1.807, 2.05) is 39.8 Å². The van der Waals surface area contributed by atoms with Crippen LogP contribution in [-0.2, 0) is 31.9 Å². The molecule has 190 valence electrons. The van der Waals surface area contributed by atoms with Crippen LogP contribution in [0.2, 0.25) is 0 Å². The Morgan fingerprint density at radius 2 is 1.67 bits per heavy atom. The quantitative estimate of drug-likeness (QED) is 0.365. The summed E-state index contributed by atoms with van der Waals surface area (Å²) < 4.78 is 16.3. The van der Waals surface area contributed by atoms with E-state index in [0.29, 0.717) is 35.5 Å². The average molecular weight is 493 g/mol. The summed E-state index contributed by atoms with van der Waals surface area (Å²) in [7, 11) is 1.20. The molecule has 0 saturated heterocycles. The Morgan fingerprint density at radius 3 is 2.28 bits per heavy atom. The van der Waals surface area contributed by atoms with Crippen molar-refractivity contribution in [1.29, 1.82) is 0 Å². The predicted molar refractivity (Wildman–Crippen MR) is 137 cm³/mol. The number of ether oxygens (including phenoxy) is 3. The van der Waals surface area contributed by atoms with Gasteiger partial charge in [-0.25, -0.2) is 9.59 Å². The summed E-state index contributed by atoms with van der Waals surface area (Å²) in [6.07, 6.45) is 4.32. The van der Waals surface area contributed by atoms with Gasteiger partial charge in [-0.3, -0.25) is 0 Å². The van der Waals surface area contributed by atoms with Crippen LogP contribution in [0, 0.1) is 0 Å². The largest absolute Gasteiger partial charge is 0.508 e. The van der Waals surface area contributed by atoms with Gasteiger partial charge >= 0.3 is 11.9 Å². The Balaban J connectivity index is 2.01. The molecule has 3 rings (SSSR count). The monoisotopic (exact) mass is 492 g/mol. The fourth-order valence-electron chi connectivity index (χ4n) is 3.96. The van der Waals surface area contributed by atoms with Crippen LogP contribution in [0.5, 0.6) is 11.5 Å². The van der Waals surface area contributed by atoms with Gasteiger partial charge in [-0.15, -0.1) is 0 Å². The number of methoxy groups -OCH3 is 1. The predicted octanol–water partition coefficient (Wildman–Crippen LogP) is 5.23. The summed E-state index contributed by atoms with van der Waals surface area (Å²) in [5.74, 6) is -1.77. The van der Waals surface area contributed by atoms with E-state index in [1.165, 1.54) is 13.2 Å². The summed E-state index contributed by atoms with van der Waals surface area (Å²) in [5.41, 5.74) is 2.05. The van der Waals surface area contributed by atoms with Gasteiger partial charge in [-0.2, -0.15) is 0 Å². The molecule has 36 heavy (non-hydrogen) atoms. The molecule has 0 fully saturated rings. The molecule has 0 aliphatic carbocycles. The summed E-state index contributed by atoms with van der Waals surface area (Å²) >= 11 is 0. The Hall–Kier alpha value is -4.00. The highest BCUT2D eigenvalue weighted by Gasteiger charge is 2.55. The summed E-state index contributed by atoms with van der Waals surface area (Å²) in [6, 6.07) is 11.6. The molecule has 0 unspecified atom stereocenters. The number of esters is 2. The molecule has 0 saturated carbocycles. The Labute approximate surface area is 211 Å². The van der Waals surface area contributed by atoms with Crippen molar-refractivity contribution in [2.75, 3.05) is 13.7 Å². The van der Waals surface area contributed by atoms with Crippen LogP contribution in [0.4, 0.5) is 0 Å². The second kappa shape index (κ2) is 11.2. The van der Waals surface area contributed by atoms with Crippen molar-refractivity contribution in [1.82, 2.24) is 0 Å². The molecule has 0 bridgehead atoms. The van der Waals surface area contributed by atoms with E-state index in [2.05, 4.69) is 0 Å². The Bertz CT molecular complexity index is 1230. The molecule has 2 aromatic rings. The number of allylic oxidation sites excluding steroid dienone is 3. The third-order valence-corrected chi connectivity index (χ3v) is 5.83. The second-order valence-corrected chi connectivity index (χ2v) is 9.17. The van der Waals surface area contributed by atoms with E-state index in [4.69, 9.17) is 14.2 Å². The lowest BCUT2D eigenvalue weighted by atomic mass is 9.83. The van der Waals surface area contributed by atoms with Crippen molar-refractivity contribution in [2.24, 2.45) is 0 Å². The van der Waals surface area contributed by atoms with Gasteiger partial charge in [0.15, 0.2) is 0 Å². The highest BCUT2D eigenvalue weighted by Crippen LogP contribution is 2.43. The van der Waals surface area contributed by atoms with E-state index >= 15 is 0 Å². The second-order valence-electron chi connectivity index (χ2n) is 9.17. The van der Waals surface area contributed by atoms with Crippen LogP contribution in [0.1, 0.15) is 44.4 Å². The molecule has 0 radical (unpaired) electrons. The van der Waals surface area contributed by atoms with Crippen molar-refractivity contribution in [3.8, 4) is 11.5 Å². The van der Waals surface area contributed by atoms with E-state index in [-0.39, 0.29) is 17.7 Å². The molecular weight excluding hydrogens is 460 g/mol. The van der Waals surface area contributed by atoms with Crippen molar-refractivity contribution in [3.63, 3.8) is 0 Å². The number of carbonyl (C=O) groups is 2. The number of benzene rings is 2. The molecule has 1 heterocycles. The smallest absolute Gasteiger partial charge is 0.375 e. The first-order valence-electron chi connectivity index (χ1n) is 11.6. The Morgan fingerprint density at radius 1 is 1.00 bits per heavy atom. The SMILES string of the molecule is COC(=O)[C@]1(Cc2ccc(O)c(CC=C(C)C)c2)OC(=O)C(O)=C1c1ccc(OCC=C(C)C)cc1. The van der Waals surface area contributed by atoms with E-state index in [1.54, 1.807) is 36.4 Å². The zero-order valence-corrected chi connectivity index (χ0v) is 21.3. The zero-order valence-electron chi connectivity index (χ0n) is 21.3. The van der Waals surface area contributed by atoms with Crippen LogP contribution >= 0.6 is 0 Å². The molecule has 1 aliphatic heterocycles. The van der Waals surface area contributed by atoms with Crippen LogP contribution in [-0.4, -0.2) is 41.5 Å². The van der Waals surface area contributed by atoms with Gasteiger partial charge in [-0.1, -0.05) is 41.5 Å². The molecule has 0 amide bonds. The Kier molecular flexibility index (Phi) is 8.25. The number of carbonyl (C=O) groups excluding carboxylic acids is 2. The van der Waals surface area contributed by atoms with Gasteiger partial charge < -0.3 is 24.4 Å². The lowest BCUT2D eigenvalue weighted by Crippen LogP contribution is -2.44. The molecule has 7 heteroatoms. The van der Waals surface area contributed by atoms with E-state index in [9.17, 15) is 19.8 Å². The minimum absolute atomic E-state index is 0.0223. The van der Waals surface area contributed by atoms with Crippen LogP contribution < -0.4 is 4.74 Å². The molecule has 1 atom stereocenters. The molecular formula is C29H32O7. The lowest BCUT2D eigenvalue weighted by Gasteiger charge is -2.28. The minimum Gasteiger partial charge on any atom is -0.508 e. The van der Waals surface area contributed by atoms with Gasteiger partial charge in [0.25, 0.3) is 0 Å². The maximum atomic E-state index is 13.1. The van der Waals surface area contributed by atoms with Gasteiger partial charge in [0.2, 0.25) is 11.4 Å². The highest BCUT2D eigenvalue weighted by atomic mass is 16.6. The fraction of sp³-hybridized carbons (Fsp3) is 0.310. The molecule has 0 aromatic heterocycles. The van der Waals surface area contributed by atoms with Gasteiger partial charge in [-0.05, 0) is 75.1 Å². The topological polar surface area (TPSA) is 102 Å². The zero-order chi connectivity index (χ0) is 26.5. The number of phenolic OH excluding ortho intramolecular Hbond substituents is 1. The van der Waals surface area contributed by atoms with Crippen molar-refractivity contribution < 1.29 is 34.0 Å². The summed E-state index contributed by atoms with van der Waals surface area (Å²) in [4.78, 5) is 25.7. The van der Waals surface area contributed by atoms with Crippen molar-refractivity contribution in [3.05, 3.63) is 88.2 Å². The van der Waals surface area contributed by atoms with E-state index < -0.39 is 23.3 Å². The molecule has 2 N–H and O–H groups in total. The highest BCUT2D eigenvalue weighted by molar-refractivity contribution is 6.11. The summed E-state index contributed by atoms with van der Waals surface area (Å²) in [6.45, 7) is 8.28. The van der Waals surface area contributed by atoms with Crippen molar-refractivity contribution in [2.45, 2.75) is 46.1 Å². The fourth-order valence-corrected chi connectivity index (χ4v) is 3.96. The number of hydrogen-bond acceptors (Lipinski definition) is 7. The first-order chi connectivity index (χ1) is 17.1. The minimum atomic E-state index is -1.90. The van der Waals surface area contributed by atoms with E-state index in [0.717, 1.165) is 11.1 Å². The third-order valence-electron chi connectivity index (χ3n) is 5.83. The molecule has 7 nitrogen and oxygen atoms in total. The van der Waals surface area contributed by atoms with Crippen LogP contribution in [0.25, 0.3) is 5.57 Å². The lowest BCUT2D eigenvalue weighted by molar-refractivity contribution is -0.169.